The molecule has 0 aliphatic heterocycles. The molecule has 1 rings (SSSR count). The Morgan fingerprint density at radius 3 is 2.50 bits per heavy atom. The number of nitrogens with one attached hydrogen (secondary N) is 1. The van der Waals surface area contributed by atoms with Crippen molar-refractivity contribution in [2.75, 3.05) is 11.9 Å². The van der Waals surface area contributed by atoms with Crippen LogP contribution < -0.4 is 5.32 Å². The summed E-state index contributed by atoms with van der Waals surface area (Å²) in [6.45, 7) is 11.9. The molecule has 0 bridgehead atoms. The van der Waals surface area contributed by atoms with E-state index in [1.165, 1.54) is 0 Å². The summed E-state index contributed by atoms with van der Waals surface area (Å²) < 4.78 is 0. The summed E-state index contributed by atoms with van der Waals surface area (Å²) in [4.78, 5) is 11.1. The summed E-state index contributed by atoms with van der Waals surface area (Å²) >= 11 is 0. The minimum absolute atomic E-state index is 0.100. The lowest BCUT2D eigenvalue weighted by molar-refractivity contribution is 0.101. The van der Waals surface area contributed by atoms with Crippen molar-refractivity contribution in [1.82, 2.24) is 0 Å². The van der Waals surface area contributed by atoms with E-state index in [1.54, 1.807) is 13.0 Å². The maximum atomic E-state index is 11.1. The SMILES string of the molecule is C=CCNc1ccc(C(C)=O)cc1C.CC. The van der Waals surface area contributed by atoms with E-state index in [4.69, 9.17) is 0 Å². The van der Waals surface area contributed by atoms with Crippen LogP contribution in [0.4, 0.5) is 5.69 Å². The zero-order valence-electron chi connectivity index (χ0n) is 10.6. The molecule has 0 saturated carbocycles. The van der Waals surface area contributed by atoms with Gasteiger partial charge in [0.15, 0.2) is 5.78 Å². The van der Waals surface area contributed by atoms with Crippen LogP contribution in [0.5, 0.6) is 0 Å². The third kappa shape index (κ3) is 4.30. The Balaban J connectivity index is 0.00000106. The summed E-state index contributed by atoms with van der Waals surface area (Å²) in [6, 6.07) is 5.66. The minimum atomic E-state index is 0.100. The highest BCUT2D eigenvalue weighted by Crippen LogP contribution is 2.16. The van der Waals surface area contributed by atoms with Crippen molar-refractivity contribution >= 4 is 11.5 Å². The Morgan fingerprint density at radius 2 is 2.06 bits per heavy atom. The van der Waals surface area contributed by atoms with Crippen LogP contribution in [0.3, 0.4) is 0 Å². The van der Waals surface area contributed by atoms with E-state index in [9.17, 15) is 4.79 Å². The maximum absolute atomic E-state index is 11.1. The van der Waals surface area contributed by atoms with Gasteiger partial charge in [-0.05, 0) is 37.6 Å². The molecular formula is C14H21NO. The number of carbonyl (C=O) groups excluding carboxylic acids is 1. The molecule has 1 aromatic carbocycles. The highest BCUT2D eigenvalue weighted by Gasteiger charge is 2.01. The van der Waals surface area contributed by atoms with E-state index in [2.05, 4.69) is 11.9 Å². The molecule has 0 atom stereocenters. The van der Waals surface area contributed by atoms with Crippen LogP contribution in [-0.4, -0.2) is 12.3 Å². The fourth-order valence-electron chi connectivity index (χ4n) is 1.26. The van der Waals surface area contributed by atoms with Gasteiger partial charge in [0.2, 0.25) is 0 Å². The van der Waals surface area contributed by atoms with Gasteiger partial charge in [-0.2, -0.15) is 0 Å². The number of aryl methyl sites for hydroxylation is 1. The van der Waals surface area contributed by atoms with Crippen molar-refractivity contribution in [2.45, 2.75) is 27.7 Å². The topological polar surface area (TPSA) is 29.1 Å². The zero-order valence-corrected chi connectivity index (χ0v) is 10.6. The molecule has 0 spiro atoms. The van der Waals surface area contributed by atoms with E-state index in [1.807, 2.05) is 39.0 Å². The van der Waals surface area contributed by atoms with Gasteiger partial charge in [-0.15, -0.1) is 6.58 Å². The zero-order chi connectivity index (χ0) is 12.6. The van der Waals surface area contributed by atoms with Gasteiger partial charge in [-0.3, -0.25) is 4.79 Å². The number of hydrogen-bond donors (Lipinski definition) is 1. The number of anilines is 1. The van der Waals surface area contributed by atoms with E-state index in [-0.39, 0.29) is 5.78 Å². The number of Topliss-reactive ketones (excluding diaryl/α,β-unsaturated/α-hetero) is 1. The lowest BCUT2D eigenvalue weighted by Crippen LogP contribution is -2.01. The van der Waals surface area contributed by atoms with Crippen LogP contribution in [0.2, 0.25) is 0 Å². The number of carbonyl (C=O) groups is 1. The van der Waals surface area contributed by atoms with Gasteiger partial charge in [-0.25, -0.2) is 0 Å². The standard InChI is InChI=1S/C12H15NO.C2H6/c1-4-7-13-12-6-5-11(10(3)14)8-9(12)2;1-2/h4-6,8,13H,1,7H2,2-3H3;1-2H3. The normalized spacial score (nSPS) is 8.75. The second kappa shape index (κ2) is 7.69. The Hall–Kier alpha value is -1.57. The molecule has 0 radical (unpaired) electrons. The van der Waals surface area contributed by atoms with Gasteiger partial charge in [-0.1, -0.05) is 19.9 Å². The average Bonchev–Trinajstić information content (AvgIpc) is 2.30. The monoisotopic (exact) mass is 219 g/mol. The van der Waals surface area contributed by atoms with Crippen LogP contribution in [0.25, 0.3) is 0 Å². The fraction of sp³-hybridized carbons (Fsp3) is 0.357. The van der Waals surface area contributed by atoms with Gasteiger partial charge in [0.25, 0.3) is 0 Å². The molecule has 2 nitrogen and oxygen atoms in total. The van der Waals surface area contributed by atoms with Gasteiger partial charge in [0, 0.05) is 17.8 Å². The molecular weight excluding hydrogens is 198 g/mol. The summed E-state index contributed by atoms with van der Waals surface area (Å²) in [5.41, 5.74) is 2.89. The first kappa shape index (κ1) is 14.4. The summed E-state index contributed by atoms with van der Waals surface area (Å²) in [7, 11) is 0. The molecule has 0 aliphatic carbocycles. The minimum Gasteiger partial charge on any atom is -0.381 e. The largest absolute Gasteiger partial charge is 0.381 e. The summed E-state index contributed by atoms with van der Waals surface area (Å²) in [5, 5.41) is 3.20. The van der Waals surface area contributed by atoms with Crippen LogP contribution >= 0.6 is 0 Å². The quantitative estimate of drug-likeness (QED) is 0.616. The van der Waals surface area contributed by atoms with Crippen molar-refractivity contribution in [3.05, 3.63) is 42.0 Å². The number of hydrogen-bond acceptors (Lipinski definition) is 2. The highest BCUT2D eigenvalue weighted by atomic mass is 16.1. The molecule has 0 saturated heterocycles. The van der Waals surface area contributed by atoms with E-state index >= 15 is 0 Å². The number of rotatable bonds is 4. The predicted octanol–water partition coefficient (Wildman–Crippen LogP) is 3.82. The average molecular weight is 219 g/mol. The fourth-order valence-corrected chi connectivity index (χ4v) is 1.26. The van der Waals surface area contributed by atoms with Gasteiger partial charge < -0.3 is 5.32 Å². The molecule has 0 aliphatic rings. The van der Waals surface area contributed by atoms with Crippen LogP contribution in [-0.2, 0) is 0 Å². The number of benzene rings is 1. The van der Waals surface area contributed by atoms with Crippen molar-refractivity contribution < 1.29 is 4.79 Å². The lowest BCUT2D eigenvalue weighted by Gasteiger charge is -2.08. The van der Waals surface area contributed by atoms with Crippen molar-refractivity contribution in [3.8, 4) is 0 Å². The van der Waals surface area contributed by atoms with Crippen molar-refractivity contribution in [1.29, 1.82) is 0 Å². The van der Waals surface area contributed by atoms with Crippen LogP contribution in [0, 0.1) is 6.92 Å². The summed E-state index contributed by atoms with van der Waals surface area (Å²) in [5.74, 6) is 0.100. The summed E-state index contributed by atoms with van der Waals surface area (Å²) in [6.07, 6.45) is 1.80. The molecule has 0 aromatic heterocycles. The third-order valence-electron chi connectivity index (χ3n) is 2.07. The molecule has 0 fully saturated rings. The van der Waals surface area contributed by atoms with E-state index in [0.29, 0.717) is 0 Å². The molecule has 2 heteroatoms. The number of ketones is 1. The van der Waals surface area contributed by atoms with Crippen LogP contribution in [0.15, 0.2) is 30.9 Å². The smallest absolute Gasteiger partial charge is 0.159 e. The second-order valence-electron chi connectivity index (χ2n) is 3.26. The molecule has 1 aromatic rings. The Kier molecular flexibility index (Phi) is 6.93. The molecule has 0 heterocycles. The van der Waals surface area contributed by atoms with E-state index < -0.39 is 0 Å². The molecule has 0 unspecified atom stereocenters. The first-order valence-corrected chi connectivity index (χ1v) is 5.61. The Labute approximate surface area is 98.4 Å². The van der Waals surface area contributed by atoms with E-state index in [0.717, 1.165) is 23.4 Å². The molecule has 88 valence electrons. The van der Waals surface area contributed by atoms with Gasteiger partial charge in [0.05, 0.1) is 0 Å². The molecule has 16 heavy (non-hydrogen) atoms. The highest BCUT2D eigenvalue weighted by molar-refractivity contribution is 5.94. The lowest BCUT2D eigenvalue weighted by atomic mass is 10.1. The van der Waals surface area contributed by atoms with Gasteiger partial charge in [0.1, 0.15) is 0 Å². The maximum Gasteiger partial charge on any atom is 0.159 e. The molecule has 0 amide bonds. The first-order valence-electron chi connectivity index (χ1n) is 5.61. The van der Waals surface area contributed by atoms with Gasteiger partial charge >= 0.3 is 0 Å². The molecule has 1 N–H and O–H groups in total. The Morgan fingerprint density at radius 1 is 1.44 bits per heavy atom. The Bertz CT molecular complexity index is 356. The van der Waals surface area contributed by atoms with Crippen molar-refractivity contribution in [3.63, 3.8) is 0 Å². The predicted molar refractivity (Wildman–Crippen MR) is 71.2 cm³/mol. The third-order valence-corrected chi connectivity index (χ3v) is 2.07. The first-order chi connectivity index (χ1) is 7.65. The second-order valence-corrected chi connectivity index (χ2v) is 3.26. The van der Waals surface area contributed by atoms with Crippen LogP contribution in [0.1, 0.15) is 36.7 Å². The van der Waals surface area contributed by atoms with Crippen molar-refractivity contribution in [2.24, 2.45) is 0 Å².